The van der Waals surface area contributed by atoms with Gasteiger partial charge in [0.2, 0.25) is 16.5 Å². The van der Waals surface area contributed by atoms with Crippen molar-refractivity contribution in [2.24, 2.45) is 0 Å². The molecule has 0 aliphatic carbocycles. The number of hydrogen-bond donors (Lipinski definition) is 10. The Morgan fingerprint density at radius 1 is 0.530 bits per heavy atom. The largest absolute Gasteiger partial charge is 0.508 e. The van der Waals surface area contributed by atoms with Gasteiger partial charge in [0.15, 0.2) is 11.5 Å². The van der Waals surface area contributed by atoms with Gasteiger partial charge in [0.05, 0.1) is 82.3 Å². The Kier molecular flexibility index (Phi) is 44.0. The number of carbonyl (C=O) groups is 6. The van der Waals surface area contributed by atoms with Gasteiger partial charge in [-0.05, 0) is 130 Å². The second-order valence-electron chi connectivity index (χ2n) is 20.6. The summed E-state index contributed by atoms with van der Waals surface area (Å²) >= 11 is 19.3. The molecule has 0 unspecified atom stereocenters. The lowest BCUT2D eigenvalue weighted by atomic mass is 10.2. The highest BCUT2D eigenvalue weighted by molar-refractivity contribution is 8.24. The molecule has 7 heterocycles. The van der Waals surface area contributed by atoms with Crippen molar-refractivity contribution in [2.45, 2.75) is 36.3 Å². The van der Waals surface area contributed by atoms with Crippen LogP contribution in [0.5, 0.6) is 17.2 Å². The molecular weight excluding hydrogens is 1660 g/mol. The molecule has 0 aliphatic heterocycles. The number of pyridine rings is 6. The molecule has 11 aromatic rings. The number of nitro groups is 3. The Morgan fingerprint density at radius 3 is 1.39 bits per heavy atom. The van der Waals surface area contributed by atoms with Crippen molar-refractivity contribution in [3.63, 3.8) is 0 Å². The molecule has 0 saturated carbocycles. The van der Waals surface area contributed by atoms with Gasteiger partial charge < -0.3 is 75.7 Å². The zero-order valence-corrected chi connectivity index (χ0v) is 61.7. The number of anilines is 5. The van der Waals surface area contributed by atoms with E-state index in [0.717, 1.165) is 47.7 Å². The number of halogens is 4. The van der Waals surface area contributed by atoms with Crippen LogP contribution in [0.25, 0.3) is 16.9 Å². The quantitative estimate of drug-likeness (QED) is 0.00770. The zero-order valence-electron chi connectivity index (χ0n) is 57.8. The number of nitrogens with one attached hydrogen (secondary N) is 4. The van der Waals surface area contributed by atoms with Gasteiger partial charge >= 0.3 is 63.6 Å². The van der Waals surface area contributed by atoms with Crippen LogP contribution in [0, 0.1) is 40.5 Å². The third kappa shape index (κ3) is 35.2. The molecule has 4 aromatic carbocycles. The number of nitrogens with zero attached hydrogens (tertiary/aromatic N) is 10. The molecule has 0 bridgehead atoms. The summed E-state index contributed by atoms with van der Waals surface area (Å²) < 4.78 is 35.2. The lowest BCUT2D eigenvalue weighted by Gasteiger charge is -2.09. The lowest BCUT2D eigenvalue weighted by molar-refractivity contribution is -0.742. The number of carboxylic acids is 2. The summed E-state index contributed by atoms with van der Waals surface area (Å²) in [6.07, 6.45) is 8.84. The number of ether oxygens (including phenoxy) is 5. The molecule has 0 aliphatic rings. The second kappa shape index (κ2) is 50.3. The Labute approximate surface area is 680 Å². The summed E-state index contributed by atoms with van der Waals surface area (Å²) in [5.74, 6) is -3.22. The number of nitrogen functional groups attached to an aromatic ring is 1. The average Bonchev–Trinajstić information content (AvgIpc) is 1.67. The predicted octanol–water partition coefficient (Wildman–Crippen LogP) is 14.4. The monoisotopic (exact) mass is 1730 g/mol. The summed E-state index contributed by atoms with van der Waals surface area (Å²) in [5.41, 5.74) is 8.20. The first-order valence-corrected chi connectivity index (χ1v) is 35.0. The Bertz CT molecular complexity index is 5350. The Hall–Kier alpha value is -14.7. The van der Waals surface area contributed by atoms with Crippen LogP contribution in [0.2, 0.25) is 5.15 Å². The maximum Gasteiger partial charge on any atom is 0.339 e. The van der Waals surface area contributed by atoms with E-state index in [4.69, 9.17) is 47.6 Å². The van der Waals surface area contributed by atoms with Crippen molar-refractivity contribution in [3.05, 3.63) is 294 Å². The smallest absolute Gasteiger partial charge is 0.339 e. The van der Waals surface area contributed by atoms with Crippen LogP contribution in [0.3, 0.4) is 0 Å². The van der Waals surface area contributed by atoms with Gasteiger partial charge in [0.25, 0.3) is 5.09 Å². The van der Waals surface area contributed by atoms with Gasteiger partial charge in [0.1, 0.15) is 35.7 Å². The number of fused-ring (bicyclic) bond motifs is 1. The normalized spacial score (nSPS) is 9.57. The standard InChI is InChI=1S/C20H17N3O5.C14H11N3O3.C13H13N3O3.C7H5ClN2O4.C6H4N2O5.C6H5NO3.4CH4.Cl3OP.HNO3/c1-27-20(24)15-11-18(23(25)26)19(21-12-15)22-16-7-9-17(10-8-16)28-13-14-5-3-2-4-6-14;1-20-14(19)9-6-12-13(15-7-9)17(8-16-12)10-2-4-11(18)5-3-10;1-19-13(18)8-6-11(14)12(15-7-8)16-9-2-4-10(17)5-3-9;1-14-7(11)4-2-5(10(12)13)6(8)9-3-4;9-5-4(8(12)13)1-3(2-7-5)6(10)11;8-5-2-1-4(3-7-5)6(9)10;;;;;1-5(2,3)4;2-1(3)4/h2-12H,13H2,1H3,(H,21,22);2-8,18H,1H3;2-7,17H,14H2,1H3,(H,15,16);2-3H,1H3;1-2H,(H,7,9)(H,10,11);1-3H,(H,7,8)(H,9,10);4*1H4;;(H,2,3,4). The number of H-pyrrole nitrogens is 2. The first-order chi connectivity index (χ1) is 53.4. The number of aromatic nitrogens is 8. The van der Waals surface area contributed by atoms with Crippen molar-refractivity contribution in [2.75, 3.05) is 44.8 Å². The van der Waals surface area contributed by atoms with E-state index in [-0.39, 0.29) is 91.2 Å². The number of imidazole rings is 1. The van der Waals surface area contributed by atoms with E-state index in [0.29, 0.717) is 52.3 Å². The molecular formula is C70H72Cl4N15O27P. The molecule has 11 N–H and O–H groups in total. The molecule has 47 heteroatoms. The van der Waals surface area contributed by atoms with Crippen LogP contribution in [0.4, 0.5) is 45.8 Å². The fourth-order valence-corrected chi connectivity index (χ4v) is 8.10. The van der Waals surface area contributed by atoms with Gasteiger partial charge in [-0.25, -0.2) is 53.7 Å². The van der Waals surface area contributed by atoms with E-state index < -0.39 is 77.8 Å². The summed E-state index contributed by atoms with van der Waals surface area (Å²) in [4.78, 5) is 149. The number of carbonyl (C=O) groups excluding carboxylic acids is 4. The summed E-state index contributed by atoms with van der Waals surface area (Å²) in [5, 5.41) is 83.2. The highest BCUT2D eigenvalue weighted by Crippen LogP contribution is 2.61. The lowest BCUT2D eigenvalue weighted by Crippen LogP contribution is -2.13. The van der Waals surface area contributed by atoms with Crippen molar-refractivity contribution in [3.8, 4) is 22.9 Å². The summed E-state index contributed by atoms with van der Waals surface area (Å²) in [6.45, 7) is 0.440. The number of phenolic OH excluding ortho intramolecular Hbond substituents is 2. The molecule has 0 amide bonds. The maximum atomic E-state index is 11.5. The Balaban J connectivity index is 0.00000137. The zero-order chi connectivity index (χ0) is 84.2. The number of hydrogen-bond acceptors (Lipinski definition) is 32. The molecule has 0 radical (unpaired) electrons. The van der Waals surface area contributed by atoms with Gasteiger partial charge in [-0.1, -0.05) is 71.6 Å². The number of aromatic amines is 2. The number of aromatic carboxylic acids is 2. The molecule has 11 rings (SSSR count). The number of benzene rings is 4. The van der Waals surface area contributed by atoms with E-state index >= 15 is 0 Å². The third-order valence-corrected chi connectivity index (χ3v) is 13.3. The minimum Gasteiger partial charge on any atom is -0.508 e. The SMILES string of the molecule is C.C.C.C.COC(=O)c1cnc(Cl)c([N+](=O)[O-])c1.COC(=O)c1cnc(Nc2ccc(O)cc2)c(N)c1.COC(=O)c1cnc(Nc2ccc(OCc3ccccc3)cc2)c([N+](=O)[O-])c1.COC(=O)c1cnc2c(c1)ncn2-c1ccc(O)cc1.O=C(O)c1c[nH]c(=O)c([N+](=O)[O-])c1.O=C(O)c1ccc(=O)[nH]c1.O=P(Cl)(Cl)Cl.O=[N+]([O-])O. The van der Waals surface area contributed by atoms with Gasteiger partial charge in [-0.15, -0.1) is 10.1 Å². The number of carboxylic acid groups (broad SMARTS) is 2. The van der Waals surface area contributed by atoms with E-state index in [1.165, 1.54) is 65.2 Å². The molecule has 117 heavy (non-hydrogen) atoms. The van der Waals surface area contributed by atoms with Gasteiger partial charge in [-0.2, -0.15) is 0 Å². The topological polar surface area (TPSA) is 625 Å². The van der Waals surface area contributed by atoms with Crippen LogP contribution in [0.15, 0.2) is 199 Å². The van der Waals surface area contributed by atoms with E-state index in [1.54, 1.807) is 89.8 Å². The molecule has 622 valence electrons. The summed E-state index contributed by atoms with van der Waals surface area (Å²) in [7, 11) is 4.98. The minimum atomic E-state index is -3.22. The van der Waals surface area contributed by atoms with Crippen LogP contribution in [0.1, 0.15) is 97.4 Å². The molecule has 0 atom stereocenters. The second-order valence-corrected chi connectivity index (χ2v) is 27.6. The van der Waals surface area contributed by atoms with Crippen molar-refractivity contribution in [1.29, 1.82) is 0 Å². The average molecular weight is 1730 g/mol. The van der Waals surface area contributed by atoms with Crippen LogP contribution >= 0.6 is 50.5 Å². The fourth-order valence-electron chi connectivity index (χ4n) is 7.93. The van der Waals surface area contributed by atoms with Crippen molar-refractivity contribution < 1.29 is 103 Å². The molecule has 42 nitrogen and oxygen atoms in total. The molecule has 7 aromatic heterocycles. The minimum absolute atomic E-state index is 0. The first-order valence-electron chi connectivity index (χ1n) is 30.2. The first kappa shape index (κ1) is 102. The number of aromatic hydroxyl groups is 2. The van der Waals surface area contributed by atoms with Crippen molar-refractivity contribution >= 4 is 143 Å². The van der Waals surface area contributed by atoms with Crippen molar-refractivity contribution in [1.82, 2.24) is 39.5 Å². The predicted molar refractivity (Wildman–Crippen MR) is 429 cm³/mol. The number of nitrogens with two attached hydrogens (primary N) is 1. The highest BCUT2D eigenvalue weighted by Gasteiger charge is 2.22. The van der Waals surface area contributed by atoms with Crippen LogP contribution in [-0.2, 0) is 30.1 Å². The molecule has 0 spiro atoms. The fraction of sp³-hybridized carbons (Fsp3) is 0.129. The number of phenols is 2. The van der Waals surface area contributed by atoms with Crippen LogP contribution in [-0.4, -0.2) is 149 Å². The van der Waals surface area contributed by atoms with E-state index in [2.05, 4.69) is 93.2 Å². The summed E-state index contributed by atoms with van der Waals surface area (Å²) in [6, 6.07) is 38.2. The van der Waals surface area contributed by atoms with Crippen LogP contribution < -0.4 is 32.2 Å². The van der Waals surface area contributed by atoms with Gasteiger partial charge in [-0.3, -0.25) is 49.1 Å². The Morgan fingerprint density at radius 2 is 0.940 bits per heavy atom. The van der Waals surface area contributed by atoms with E-state index in [1.807, 2.05) is 35.3 Å². The molecule has 0 saturated heterocycles. The number of rotatable bonds is 17. The number of esters is 4. The third-order valence-electron chi connectivity index (χ3n) is 13.1. The maximum absolute atomic E-state index is 11.5. The highest BCUT2D eigenvalue weighted by atomic mass is 36.0. The van der Waals surface area contributed by atoms with Gasteiger partial charge in [0, 0.05) is 78.5 Å². The number of methoxy groups -OCH3 is 4. The van der Waals surface area contributed by atoms with E-state index in [9.17, 15) is 83.5 Å². The molecule has 0 fully saturated rings.